The Labute approximate surface area is 187 Å². The molecule has 0 radical (unpaired) electrons. The summed E-state index contributed by atoms with van der Waals surface area (Å²) >= 11 is 0. The fourth-order valence-electron chi connectivity index (χ4n) is 3.67. The van der Waals surface area contributed by atoms with Gasteiger partial charge in [0.15, 0.2) is 11.5 Å². The summed E-state index contributed by atoms with van der Waals surface area (Å²) in [5, 5.41) is 2.63. The maximum Gasteiger partial charge on any atom is 0.514 e. The van der Waals surface area contributed by atoms with Gasteiger partial charge in [-0.2, -0.15) is 0 Å². The number of hydrogen-bond acceptors (Lipinski definition) is 6. The number of hydrogen-bond donors (Lipinski definition) is 0. The lowest BCUT2D eigenvalue weighted by molar-refractivity contribution is 0.109. The van der Waals surface area contributed by atoms with E-state index in [9.17, 15) is 9.59 Å². The number of fused-ring (bicyclic) bond motifs is 2. The van der Waals surface area contributed by atoms with Crippen LogP contribution in [0.4, 0.5) is 9.59 Å². The van der Waals surface area contributed by atoms with Crippen molar-refractivity contribution < 1.29 is 28.5 Å². The molecule has 0 aromatic heterocycles. The van der Waals surface area contributed by atoms with E-state index < -0.39 is 12.3 Å². The summed E-state index contributed by atoms with van der Waals surface area (Å²) in [4.78, 5) is 24.8. The molecule has 0 amide bonds. The molecule has 0 aliphatic rings. The SMILES string of the molecule is C=CCOC(=O)Oc1c2cccc(CC)c2c(OC(=O)OCC=C)c2cccc(CC)c12. The van der Waals surface area contributed by atoms with Crippen LogP contribution in [0.15, 0.2) is 61.7 Å². The van der Waals surface area contributed by atoms with Gasteiger partial charge in [-0.05, 0) is 24.0 Å². The van der Waals surface area contributed by atoms with Crippen LogP contribution in [0.2, 0.25) is 0 Å². The Bertz CT molecular complexity index is 1080. The quantitative estimate of drug-likeness (QED) is 0.174. The molecular weight excluding hydrogens is 408 g/mol. The Hall–Kier alpha value is -3.80. The average molecular weight is 434 g/mol. The lowest BCUT2D eigenvalue weighted by atomic mass is 9.93. The van der Waals surface area contributed by atoms with Crippen molar-refractivity contribution in [3.8, 4) is 11.5 Å². The van der Waals surface area contributed by atoms with E-state index in [-0.39, 0.29) is 13.2 Å². The minimum absolute atomic E-state index is 0.0336. The van der Waals surface area contributed by atoms with E-state index >= 15 is 0 Å². The van der Waals surface area contributed by atoms with Crippen LogP contribution < -0.4 is 9.47 Å². The largest absolute Gasteiger partial charge is 0.514 e. The molecule has 0 unspecified atom stereocenters. The molecule has 6 nitrogen and oxygen atoms in total. The molecule has 0 saturated carbocycles. The fourth-order valence-corrected chi connectivity index (χ4v) is 3.67. The van der Waals surface area contributed by atoms with E-state index in [1.165, 1.54) is 12.2 Å². The topological polar surface area (TPSA) is 71.1 Å². The number of carbonyl (C=O) groups is 2. The van der Waals surface area contributed by atoms with Gasteiger partial charge in [-0.25, -0.2) is 9.59 Å². The van der Waals surface area contributed by atoms with Crippen LogP contribution in [0, 0.1) is 0 Å². The second-order valence-corrected chi connectivity index (χ2v) is 6.95. The van der Waals surface area contributed by atoms with Crippen LogP contribution in [0.5, 0.6) is 11.5 Å². The first kappa shape index (κ1) is 22.9. The predicted molar refractivity (Wildman–Crippen MR) is 125 cm³/mol. The second kappa shape index (κ2) is 10.5. The van der Waals surface area contributed by atoms with Gasteiger partial charge < -0.3 is 18.9 Å². The molecule has 3 rings (SSSR count). The number of carbonyl (C=O) groups excluding carboxylic acids is 2. The summed E-state index contributed by atoms with van der Waals surface area (Å²) in [6.45, 7) is 11.2. The van der Waals surface area contributed by atoms with Crippen LogP contribution in [0.1, 0.15) is 25.0 Å². The highest BCUT2D eigenvalue weighted by Crippen LogP contribution is 2.46. The van der Waals surface area contributed by atoms with Crippen molar-refractivity contribution in [1.82, 2.24) is 0 Å². The number of ether oxygens (including phenoxy) is 4. The highest BCUT2D eigenvalue weighted by atomic mass is 16.7. The average Bonchev–Trinajstić information content (AvgIpc) is 2.82. The first-order valence-corrected chi connectivity index (χ1v) is 10.5. The Morgan fingerprint density at radius 3 is 1.50 bits per heavy atom. The Balaban J connectivity index is 2.35. The molecule has 0 spiro atoms. The Morgan fingerprint density at radius 2 is 1.16 bits per heavy atom. The zero-order valence-corrected chi connectivity index (χ0v) is 18.3. The molecule has 166 valence electrons. The van der Waals surface area contributed by atoms with Crippen molar-refractivity contribution in [1.29, 1.82) is 0 Å². The van der Waals surface area contributed by atoms with E-state index in [1.807, 2.05) is 50.2 Å². The summed E-state index contributed by atoms with van der Waals surface area (Å²) in [5.74, 6) is 0.729. The van der Waals surface area contributed by atoms with Gasteiger partial charge in [-0.1, -0.05) is 75.6 Å². The smallest absolute Gasteiger partial charge is 0.430 e. The van der Waals surface area contributed by atoms with Gasteiger partial charge in [-0.15, -0.1) is 0 Å². The number of benzene rings is 3. The Kier molecular flexibility index (Phi) is 7.49. The summed E-state index contributed by atoms with van der Waals surface area (Å²) < 4.78 is 21.6. The van der Waals surface area contributed by atoms with E-state index in [2.05, 4.69) is 13.2 Å². The van der Waals surface area contributed by atoms with Gasteiger partial charge in [0, 0.05) is 21.5 Å². The van der Waals surface area contributed by atoms with Gasteiger partial charge in [-0.3, -0.25) is 0 Å². The standard InChI is InChI=1S/C26H26O6/c1-5-15-29-25(27)31-23-19-13-9-12-18(8-4)22(19)24(32-26(28)30-16-6-2)20-14-10-11-17(7-3)21(20)23/h5-6,9-14H,1-2,7-8,15-16H2,3-4H3. The van der Waals surface area contributed by atoms with Crippen LogP contribution in [-0.4, -0.2) is 25.5 Å². The van der Waals surface area contributed by atoms with Crippen molar-refractivity contribution in [3.63, 3.8) is 0 Å². The third-order valence-corrected chi connectivity index (χ3v) is 5.02. The fraction of sp³-hybridized carbons (Fsp3) is 0.231. The lowest BCUT2D eigenvalue weighted by Gasteiger charge is -2.19. The van der Waals surface area contributed by atoms with E-state index in [1.54, 1.807) is 0 Å². The molecule has 32 heavy (non-hydrogen) atoms. The van der Waals surface area contributed by atoms with Crippen LogP contribution in [0.25, 0.3) is 21.5 Å². The maximum atomic E-state index is 12.4. The van der Waals surface area contributed by atoms with Crippen molar-refractivity contribution in [2.45, 2.75) is 26.7 Å². The highest BCUT2D eigenvalue weighted by molar-refractivity contribution is 6.14. The molecule has 0 bridgehead atoms. The predicted octanol–water partition coefficient (Wildman–Crippen LogP) is 6.52. The minimum atomic E-state index is -0.834. The summed E-state index contributed by atoms with van der Waals surface area (Å²) in [6.07, 6.45) is 2.62. The summed E-state index contributed by atoms with van der Waals surface area (Å²) in [5.41, 5.74) is 1.87. The molecule has 0 aliphatic heterocycles. The van der Waals surface area contributed by atoms with Crippen LogP contribution in [-0.2, 0) is 22.3 Å². The Morgan fingerprint density at radius 1 is 0.750 bits per heavy atom. The molecule has 0 aliphatic carbocycles. The minimum Gasteiger partial charge on any atom is -0.430 e. The first-order valence-electron chi connectivity index (χ1n) is 10.5. The molecule has 6 heteroatoms. The third kappa shape index (κ3) is 4.59. The molecule has 0 heterocycles. The normalized spacial score (nSPS) is 10.6. The number of aryl methyl sites for hydroxylation is 2. The van der Waals surface area contributed by atoms with Gasteiger partial charge in [0.2, 0.25) is 0 Å². The monoisotopic (exact) mass is 434 g/mol. The summed E-state index contributed by atoms with van der Waals surface area (Å²) in [6, 6.07) is 11.3. The maximum absolute atomic E-state index is 12.4. The third-order valence-electron chi connectivity index (χ3n) is 5.02. The van der Waals surface area contributed by atoms with E-state index in [0.717, 1.165) is 11.1 Å². The van der Waals surface area contributed by atoms with Gasteiger partial charge in [0.25, 0.3) is 0 Å². The van der Waals surface area contributed by atoms with Crippen molar-refractivity contribution in [2.24, 2.45) is 0 Å². The molecule has 3 aromatic carbocycles. The van der Waals surface area contributed by atoms with Crippen molar-refractivity contribution in [2.75, 3.05) is 13.2 Å². The molecule has 0 N–H and O–H groups in total. The lowest BCUT2D eigenvalue weighted by Crippen LogP contribution is -2.13. The molecular formula is C26H26O6. The molecule has 3 aromatic rings. The number of rotatable bonds is 8. The second-order valence-electron chi connectivity index (χ2n) is 6.95. The zero-order chi connectivity index (χ0) is 23.1. The first-order chi connectivity index (χ1) is 15.5. The summed E-state index contributed by atoms with van der Waals surface area (Å²) in [7, 11) is 0. The van der Waals surface area contributed by atoms with Crippen LogP contribution in [0.3, 0.4) is 0 Å². The zero-order valence-electron chi connectivity index (χ0n) is 18.3. The van der Waals surface area contributed by atoms with E-state index in [0.29, 0.717) is 45.9 Å². The van der Waals surface area contributed by atoms with Crippen LogP contribution >= 0.6 is 0 Å². The van der Waals surface area contributed by atoms with E-state index in [4.69, 9.17) is 18.9 Å². The molecule has 0 saturated heterocycles. The van der Waals surface area contributed by atoms with Gasteiger partial charge in [0.1, 0.15) is 13.2 Å². The van der Waals surface area contributed by atoms with Gasteiger partial charge >= 0.3 is 12.3 Å². The van der Waals surface area contributed by atoms with Gasteiger partial charge in [0.05, 0.1) is 0 Å². The molecule has 0 fully saturated rings. The van der Waals surface area contributed by atoms with Crippen molar-refractivity contribution >= 4 is 33.9 Å². The highest BCUT2D eigenvalue weighted by Gasteiger charge is 2.24. The molecule has 0 atom stereocenters. The van der Waals surface area contributed by atoms with Crippen molar-refractivity contribution in [3.05, 3.63) is 72.8 Å².